The number of nitrogens with two attached hydrogens (primary N) is 1. The Hall–Kier alpha value is -0.800. The Kier molecular flexibility index (Phi) is 5.06. The van der Waals surface area contributed by atoms with E-state index in [1.165, 1.54) is 32.1 Å². The third kappa shape index (κ3) is 3.21. The van der Waals surface area contributed by atoms with Crippen LogP contribution in [0, 0.1) is 5.92 Å². The summed E-state index contributed by atoms with van der Waals surface area (Å²) >= 11 is 0. The summed E-state index contributed by atoms with van der Waals surface area (Å²) in [6.07, 6.45) is 8.19. The summed E-state index contributed by atoms with van der Waals surface area (Å²) in [6.45, 7) is 7.22. The topological polar surface area (TPSA) is 42.4 Å². The fraction of sp³-hybridized carbons (Fsp3) is 0.750. The molecule has 0 bridgehead atoms. The maximum Gasteiger partial charge on any atom is 0.117 e. The molecule has 0 aliphatic heterocycles. The molecular weight excluding hydrogens is 236 g/mol. The molecular formula is C16H28N2O. The maximum absolute atomic E-state index is 6.19. The summed E-state index contributed by atoms with van der Waals surface area (Å²) in [5, 5.41) is 0. The van der Waals surface area contributed by atoms with Crippen molar-refractivity contribution in [2.24, 2.45) is 11.7 Å². The monoisotopic (exact) mass is 264 g/mol. The lowest BCUT2D eigenvalue weighted by Gasteiger charge is -2.47. The van der Waals surface area contributed by atoms with Gasteiger partial charge in [-0.2, -0.15) is 0 Å². The Morgan fingerprint density at radius 1 is 1.47 bits per heavy atom. The Bertz CT molecular complexity index is 363. The van der Waals surface area contributed by atoms with Crippen LogP contribution in [0.2, 0.25) is 0 Å². The smallest absolute Gasteiger partial charge is 0.117 e. The molecule has 1 aromatic heterocycles. The molecule has 0 spiro atoms. The van der Waals surface area contributed by atoms with Crippen molar-refractivity contribution < 1.29 is 4.42 Å². The highest BCUT2D eigenvalue weighted by Gasteiger charge is 2.39. The number of nitrogens with zero attached hydrogens (tertiary/aromatic N) is 1. The van der Waals surface area contributed by atoms with Crippen LogP contribution >= 0.6 is 0 Å². The highest BCUT2D eigenvalue weighted by atomic mass is 16.3. The SMILES string of the molecule is CCC1CCCC(CN)(N(CC)Cc2ccco2)C1. The molecule has 1 fully saturated rings. The lowest BCUT2D eigenvalue weighted by molar-refractivity contribution is 0.0276. The predicted molar refractivity (Wildman–Crippen MR) is 78.8 cm³/mol. The van der Waals surface area contributed by atoms with E-state index in [1.807, 2.05) is 6.07 Å². The minimum absolute atomic E-state index is 0.181. The van der Waals surface area contributed by atoms with Crippen LogP contribution in [0.1, 0.15) is 51.7 Å². The predicted octanol–water partition coefficient (Wildman–Crippen LogP) is 3.40. The third-order valence-electron chi connectivity index (χ3n) is 4.86. The van der Waals surface area contributed by atoms with Crippen molar-refractivity contribution in [3.05, 3.63) is 24.2 Å². The highest BCUT2D eigenvalue weighted by molar-refractivity contribution is 5.02. The van der Waals surface area contributed by atoms with Gasteiger partial charge in [-0.15, -0.1) is 0 Å². The van der Waals surface area contributed by atoms with Crippen LogP contribution in [-0.2, 0) is 6.54 Å². The van der Waals surface area contributed by atoms with Gasteiger partial charge in [0.2, 0.25) is 0 Å². The summed E-state index contributed by atoms with van der Waals surface area (Å²) < 4.78 is 5.52. The van der Waals surface area contributed by atoms with Crippen LogP contribution in [-0.4, -0.2) is 23.5 Å². The van der Waals surface area contributed by atoms with Crippen molar-refractivity contribution in [3.8, 4) is 0 Å². The number of likely N-dealkylation sites (N-methyl/N-ethyl adjacent to an activating group) is 1. The van der Waals surface area contributed by atoms with Crippen molar-refractivity contribution in [2.45, 2.75) is 58.0 Å². The second-order valence-electron chi connectivity index (χ2n) is 5.89. The second-order valence-corrected chi connectivity index (χ2v) is 5.89. The van der Waals surface area contributed by atoms with Gasteiger partial charge in [0.05, 0.1) is 12.8 Å². The largest absolute Gasteiger partial charge is 0.468 e. The zero-order valence-corrected chi connectivity index (χ0v) is 12.4. The average Bonchev–Trinajstić information content (AvgIpc) is 2.97. The minimum Gasteiger partial charge on any atom is -0.468 e. The zero-order valence-electron chi connectivity index (χ0n) is 12.4. The van der Waals surface area contributed by atoms with Crippen molar-refractivity contribution >= 4 is 0 Å². The molecule has 19 heavy (non-hydrogen) atoms. The molecule has 3 nitrogen and oxygen atoms in total. The molecule has 1 aliphatic rings. The molecule has 2 rings (SSSR count). The van der Waals surface area contributed by atoms with Crippen LogP contribution in [0.15, 0.2) is 22.8 Å². The van der Waals surface area contributed by atoms with E-state index < -0.39 is 0 Å². The zero-order chi connectivity index (χ0) is 13.7. The summed E-state index contributed by atoms with van der Waals surface area (Å²) in [5.41, 5.74) is 6.37. The van der Waals surface area contributed by atoms with Gasteiger partial charge in [-0.1, -0.05) is 33.1 Å². The molecule has 108 valence electrons. The molecule has 0 saturated heterocycles. The van der Waals surface area contributed by atoms with Gasteiger partial charge in [0.15, 0.2) is 0 Å². The molecule has 1 aliphatic carbocycles. The van der Waals surface area contributed by atoms with Crippen LogP contribution in [0.25, 0.3) is 0 Å². The Labute approximate surface area is 117 Å². The third-order valence-corrected chi connectivity index (χ3v) is 4.86. The molecule has 1 aromatic rings. The number of hydrogen-bond acceptors (Lipinski definition) is 3. The fourth-order valence-corrected chi connectivity index (χ4v) is 3.62. The Morgan fingerprint density at radius 3 is 2.89 bits per heavy atom. The molecule has 2 N–H and O–H groups in total. The van der Waals surface area contributed by atoms with E-state index in [-0.39, 0.29) is 5.54 Å². The van der Waals surface area contributed by atoms with Crippen molar-refractivity contribution in [1.29, 1.82) is 0 Å². The molecule has 3 heteroatoms. The van der Waals surface area contributed by atoms with Crippen LogP contribution < -0.4 is 5.73 Å². The van der Waals surface area contributed by atoms with Gasteiger partial charge in [0.25, 0.3) is 0 Å². The van der Waals surface area contributed by atoms with Crippen LogP contribution in [0.5, 0.6) is 0 Å². The first-order valence-electron chi connectivity index (χ1n) is 7.71. The van der Waals surface area contributed by atoms with Crippen molar-refractivity contribution in [1.82, 2.24) is 4.90 Å². The first-order valence-corrected chi connectivity index (χ1v) is 7.71. The van der Waals surface area contributed by atoms with Gasteiger partial charge >= 0.3 is 0 Å². The van der Waals surface area contributed by atoms with Crippen molar-refractivity contribution in [3.63, 3.8) is 0 Å². The summed E-state index contributed by atoms with van der Waals surface area (Å²) in [4.78, 5) is 2.54. The minimum atomic E-state index is 0.181. The van der Waals surface area contributed by atoms with Crippen molar-refractivity contribution in [2.75, 3.05) is 13.1 Å². The lowest BCUT2D eigenvalue weighted by Crippen LogP contribution is -2.55. The first-order chi connectivity index (χ1) is 9.24. The average molecular weight is 264 g/mol. The number of rotatable bonds is 6. The van der Waals surface area contributed by atoms with E-state index in [0.29, 0.717) is 0 Å². The van der Waals surface area contributed by atoms with Gasteiger partial charge in [-0.25, -0.2) is 0 Å². The molecule has 1 heterocycles. The fourth-order valence-electron chi connectivity index (χ4n) is 3.62. The first kappa shape index (κ1) is 14.6. The van der Waals surface area contributed by atoms with Gasteiger partial charge in [-0.05, 0) is 37.4 Å². The Morgan fingerprint density at radius 2 is 2.32 bits per heavy atom. The summed E-state index contributed by atoms with van der Waals surface area (Å²) in [5.74, 6) is 1.89. The van der Waals surface area contributed by atoms with Gasteiger partial charge in [0, 0.05) is 12.1 Å². The molecule has 2 unspecified atom stereocenters. The number of furan rings is 1. The van der Waals surface area contributed by atoms with Crippen LogP contribution in [0.4, 0.5) is 0 Å². The van der Waals surface area contributed by atoms with Gasteiger partial charge in [0.1, 0.15) is 5.76 Å². The second kappa shape index (κ2) is 6.58. The molecule has 0 amide bonds. The lowest BCUT2D eigenvalue weighted by atomic mass is 9.73. The van der Waals surface area contributed by atoms with Gasteiger partial charge < -0.3 is 10.2 Å². The van der Waals surface area contributed by atoms with E-state index in [2.05, 4.69) is 24.8 Å². The highest BCUT2D eigenvalue weighted by Crippen LogP contribution is 2.38. The summed E-state index contributed by atoms with van der Waals surface area (Å²) in [6, 6.07) is 4.03. The van der Waals surface area contributed by atoms with E-state index in [0.717, 1.165) is 31.3 Å². The van der Waals surface area contributed by atoms with Crippen LogP contribution in [0.3, 0.4) is 0 Å². The molecule has 1 saturated carbocycles. The van der Waals surface area contributed by atoms with E-state index in [4.69, 9.17) is 10.2 Å². The molecule has 0 aromatic carbocycles. The van der Waals surface area contributed by atoms with E-state index in [1.54, 1.807) is 6.26 Å². The Balaban J connectivity index is 2.12. The molecule has 0 radical (unpaired) electrons. The van der Waals surface area contributed by atoms with E-state index in [9.17, 15) is 0 Å². The summed E-state index contributed by atoms with van der Waals surface area (Å²) in [7, 11) is 0. The van der Waals surface area contributed by atoms with E-state index >= 15 is 0 Å². The number of hydrogen-bond donors (Lipinski definition) is 1. The molecule has 2 atom stereocenters. The quantitative estimate of drug-likeness (QED) is 0.856. The standard InChI is InChI=1S/C16H28N2O/c1-3-14-7-5-9-16(11-14,13-17)18(4-2)12-15-8-6-10-19-15/h6,8,10,14H,3-5,7,9,11-13,17H2,1-2H3. The van der Waals surface area contributed by atoms with Gasteiger partial charge in [-0.3, -0.25) is 4.90 Å². The maximum atomic E-state index is 6.19. The normalized spacial score (nSPS) is 27.9.